The summed E-state index contributed by atoms with van der Waals surface area (Å²) >= 11 is 5.74. The van der Waals surface area contributed by atoms with E-state index in [1.165, 1.54) is 5.69 Å². The van der Waals surface area contributed by atoms with Crippen molar-refractivity contribution in [3.8, 4) is 0 Å². The van der Waals surface area contributed by atoms with Crippen molar-refractivity contribution in [3.05, 3.63) is 52.9 Å². The molecule has 158 valence electrons. The maximum absolute atomic E-state index is 12.4. The molecule has 2 heterocycles. The fourth-order valence-electron chi connectivity index (χ4n) is 4.04. The van der Waals surface area contributed by atoms with E-state index in [9.17, 15) is 9.59 Å². The van der Waals surface area contributed by atoms with Crippen LogP contribution in [0, 0.1) is 0 Å². The lowest BCUT2D eigenvalue weighted by Gasteiger charge is -2.38. The number of halogens is 1. The molecule has 0 radical (unpaired) electrons. The van der Waals surface area contributed by atoms with Gasteiger partial charge in [-0.1, -0.05) is 18.2 Å². The lowest BCUT2D eigenvalue weighted by molar-refractivity contribution is -0.115. The topological polar surface area (TPSA) is 62.5 Å². The zero-order valence-corrected chi connectivity index (χ0v) is 18.0. The Labute approximate surface area is 180 Å². The SMILES string of the molecule is Cn1c(=O)n(C)c2cc(N3CCN(c4ccccc4)CC3)c(NC(=O)CCCl)cc21. The Hall–Kier alpha value is -2.93. The van der Waals surface area contributed by atoms with Crippen LogP contribution in [-0.4, -0.2) is 47.1 Å². The van der Waals surface area contributed by atoms with Crippen LogP contribution in [-0.2, 0) is 18.9 Å². The molecular weight excluding hydrogens is 402 g/mol. The Kier molecular flexibility index (Phi) is 5.72. The van der Waals surface area contributed by atoms with Crippen LogP contribution in [0.25, 0.3) is 11.0 Å². The quantitative estimate of drug-likeness (QED) is 0.636. The normalized spacial score (nSPS) is 14.4. The molecule has 3 aromatic rings. The molecule has 1 fully saturated rings. The van der Waals surface area contributed by atoms with Gasteiger partial charge in [-0.3, -0.25) is 13.9 Å². The van der Waals surface area contributed by atoms with E-state index in [-0.39, 0.29) is 23.9 Å². The van der Waals surface area contributed by atoms with E-state index in [0.717, 1.165) is 42.9 Å². The second kappa shape index (κ2) is 8.44. The number of piperazine rings is 1. The molecule has 1 amide bonds. The number of fused-ring (bicyclic) bond motifs is 1. The molecule has 7 nitrogen and oxygen atoms in total. The number of para-hydroxylation sites is 1. The van der Waals surface area contributed by atoms with Gasteiger partial charge in [0.15, 0.2) is 0 Å². The van der Waals surface area contributed by atoms with Crippen molar-refractivity contribution in [1.29, 1.82) is 0 Å². The summed E-state index contributed by atoms with van der Waals surface area (Å²) in [5, 5.41) is 3.00. The number of aryl methyl sites for hydroxylation is 2. The average Bonchev–Trinajstić information content (AvgIpc) is 2.98. The second-order valence-corrected chi connectivity index (χ2v) is 7.93. The van der Waals surface area contributed by atoms with Crippen LogP contribution in [0.1, 0.15) is 6.42 Å². The molecule has 1 N–H and O–H groups in total. The molecule has 1 saturated heterocycles. The zero-order valence-electron chi connectivity index (χ0n) is 17.3. The Morgan fingerprint density at radius 1 is 0.967 bits per heavy atom. The molecule has 4 rings (SSSR count). The van der Waals surface area contributed by atoms with Crippen molar-refractivity contribution in [1.82, 2.24) is 9.13 Å². The Morgan fingerprint density at radius 2 is 1.57 bits per heavy atom. The van der Waals surface area contributed by atoms with Gasteiger partial charge >= 0.3 is 5.69 Å². The lowest BCUT2D eigenvalue weighted by Crippen LogP contribution is -2.46. The molecule has 0 spiro atoms. The van der Waals surface area contributed by atoms with Gasteiger partial charge in [-0.25, -0.2) is 4.79 Å². The van der Waals surface area contributed by atoms with Crippen molar-refractivity contribution in [3.63, 3.8) is 0 Å². The van der Waals surface area contributed by atoms with Gasteiger partial charge in [0, 0.05) is 58.3 Å². The predicted octanol–water partition coefficient (Wildman–Crippen LogP) is 2.77. The number of imidazole rings is 1. The first-order valence-corrected chi connectivity index (χ1v) is 10.6. The molecule has 1 aromatic heterocycles. The van der Waals surface area contributed by atoms with Crippen molar-refractivity contribution < 1.29 is 4.79 Å². The number of nitrogens with one attached hydrogen (secondary N) is 1. The van der Waals surface area contributed by atoms with E-state index in [1.807, 2.05) is 18.2 Å². The molecule has 0 bridgehead atoms. The van der Waals surface area contributed by atoms with Crippen LogP contribution in [0.5, 0.6) is 0 Å². The summed E-state index contributed by atoms with van der Waals surface area (Å²) < 4.78 is 3.24. The monoisotopic (exact) mass is 427 g/mol. The van der Waals surface area contributed by atoms with Gasteiger partial charge in [-0.2, -0.15) is 0 Å². The third-order valence-electron chi connectivity index (χ3n) is 5.73. The Bertz CT molecular complexity index is 1110. The van der Waals surface area contributed by atoms with Crippen molar-refractivity contribution >= 4 is 45.6 Å². The molecule has 2 aromatic carbocycles. The maximum atomic E-state index is 12.4. The summed E-state index contributed by atoms with van der Waals surface area (Å²) in [6.45, 7) is 3.40. The molecular formula is C22H26ClN5O2. The number of aromatic nitrogens is 2. The van der Waals surface area contributed by atoms with Gasteiger partial charge in [0.05, 0.1) is 22.4 Å². The number of benzene rings is 2. The number of nitrogens with zero attached hydrogens (tertiary/aromatic N) is 4. The van der Waals surface area contributed by atoms with E-state index in [2.05, 4.69) is 39.4 Å². The number of anilines is 3. The maximum Gasteiger partial charge on any atom is 0.328 e. The summed E-state index contributed by atoms with van der Waals surface area (Å²) in [6.07, 6.45) is 0.245. The summed E-state index contributed by atoms with van der Waals surface area (Å²) in [4.78, 5) is 29.3. The number of rotatable bonds is 5. The highest BCUT2D eigenvalue weighted by atomic mass is 35.5. The number of carbonyl (C=O) groups is 1. The van der Waals surface area contributed by atoms with Crippen molar-refractivity contribution in [2.75, 3.05) is 47.2 Å². The first-order valence-electron chi connectivity index (χ1n) is 10.1. The van der Waals surface area contributed by atoms with Gasteiger partial charge in [0.25, 0.3) is 0 Å². The third-order valence-corrected chi connectivity index (χ3v) is 5.92. The molecule has 0 aliphatic carbocycles. The zero-order chi connectivity index (χ0) is 21.3. The van der Waals surface area contributed by atoms with Crippen LogP contribution in [0.15, 0.2) is 47.3 Å². The highest BCUT2D eigenvalue weighted by Gasteiger charge is 2.22. The van der Waals surface area contributed by atoms with Gasteiger partial charge in [-0.05, 0) is 24.3 Å². The van der Waals surface area contributed by atoms with Crippen LogP contribution >= 0.6 is 11.6 Å². The first kappa shape index (κ1) is 20.3. The minimum Gasteiger partial charge on any atom is -0.368 e. The molecule has 0 unspecified atom stereocenters. The molecule has 30 heavy (non-hydrogen) atoms. The molecule has 1 aliphatic heterocycles. The Balaban J connectivity index is 1.67. The van der Waals surface area contributed by atoms with Gasteiger partial charge in [0.1, 0.15) is 0 Å². The van der Waals surface area contributed by atoms with Gasteiger partial charge in [0.2, 0.25) is 5.91 Å². The summed E-state index contributed by atoms with van der Waals surface area (Å²) in [5.41, 5.74) is 4.41. The fraction of sp³-hybridized carbons (Fsp3) is 0.364. The smallest absolute Gasteiger partial charge is 0.328 e. The minimum atomic E-state index is -0.130. The van der Waals surface area contributed by atoms with Gasteiger partial charge in [-0.15, -0.1) is 11.6 Å². The Morgan fingerprint density at radius 3 is 2.20 bits per heavy atom. The highest BCUT2D eigenvalue weighted by molar-refractivity contribution is 6.19. The van der Waals surface area contributed by atoms with Crippen LogP contribution in [0.4, 0.5) is 17.1 Å². The van der Waals surface area contributed by atoms with Crippen LogP contribution in [0.2, 0.25) is 0 Å². The first-order chi connectivity index (χ1) is 14.5. The number of hydrogen-bond acceptors (Lipinski definition) is 4. The lowest BCUT2D eigenvalue weighted by atomic mass is 10.1. The highest BCUT2D eigenvalue weighted by Crippen LogP contribution is 2.32. The largest absolute Gasteiger partial charge is 0.368 e. The molecule has 8 heteroatoms. The number of alkyl halides is 1. The van der Waals surface area contributed by atoms with E-state index in [1.54, 1.807) is 23.2 Å². The van der Waals surface area contributed by atoms with E-state index in [4.69, 9.17) is 11.6 Å². The van der Waals surface area contributed by atoms with Crippen LogP contribution < -0.4 is 20.8 Å². The number of hydrogen-bond donors (Lipinski definition) is 1. The minimum absolute atomic E-state index is 0.0888. The predicted molar refractivity (Wildman–Crippen MR) is 123 cm³/mol. The molecule has 1 aliphatic rings. The molecule has 0 atom stereocenters. The third kappa shape index (κ3) is 3.77. The number of amides is 1. The van der Waals surface area contributed by atoms with Crippen LogP contribution in [0.3, 0.4) is 0 Å². The summed E-state index contributed by atoms with van der Waals surface area (Å²) in [6, 6.07) is 14.3. The van der Waals surface area contributed by atoms with E-state index in [0.29, 0.717) is 5.69 Å². The van der Waals surface area contributed by atoms with E-state index >= 15 is 0 Å². The summed E-state index contributed by atoms with van der Waals surface area (Å²) in [5.74, 6) is 0.137. The molecule has 0 saturated carbocycles. The van der Waals surface area contributed by atoms with Crippen molar-refractivity contribution in [2.45, 2.75) is 6.42 Å². The van der Waals surface area contributed by atoms with E-state index < -0.39 is 0 Å². The number of carbonyl (C=O) groups excluding carboxylic acids is 1. The standard InChI is InChI=1S/C22H26ClN5O2/c1-25-19-14-17(24-21(29)8-9-23)18(15-20(19)26(2)22(25)30)28-12-10-27(11-13-28)16-6-4-3-5-7-16/h3-7,14-15H,8-13H2,1-2H3,(H,24,29). The second-order valence-electron chi connectivity index (χ2n) is 7.56. The summed E-state index contributed by atoms with van der Waals surface area (Å²) in [7, 11) is 3.51. The van der Waals surface area contributed by atoms with Gasteiger partial charge < -0.3 is 15.1 Å². The van der Waals surface area contributed by atoms with Crippen molar-refractivity contribution in [2.24, 2.45) is 14.1 Å². The fourth-order valence-corrected chi connectivity index (χ4v) is 4.21. The average molecular weight is 428 g/mol.